The average molecular weight is 274 g/mol. The van der Waals surface area contributed by atoms with Crippen molar-refractivity contribution in [2.24, 2.45) is 0 Å². The topological polar surface area (TPSA) is 60.7 Å². The molecule has 0 fully saturated rings. The molecule has 0 aliphatic carbocycles. The fourth-order valence-electron chi connectivity index (χ4n) is 3.13. The lowest BCUT2D eigenvalue weighted by molar-refractivity contribution is 0.400. The minimum absolute atomic E-state index is 0.0642. The predicted molar refractivity (Wildman–Crippen MR) is 81.9 cm³/mol. The second-order valence-electron chi connectivity index (χ2n) is 5.52. The van der Waals surface area contributed by atoms with Crippen LogP contribution in [-0.4, -0.2) is 15.3 Å². The molecule has 2 aromatic rings. The molecule has 3 heteroatoms. The van der Waals surface area contributed by atoms with Gasteiger partial charge in [0.2, 0.25) is 0 Å². The number of benzene rings is 2. The van der Waals surface area contributed by atoms with Crippen LogP contribution in [0.3, 0.4) is 0 Å². The van der Waals surface area contributed by atoms with Crippen LogP contribution in [0.25, 0.3) is 10.8 Å². The van der Waals surface area contributed by atoms with E-state index in [-0.39, 0.29) is 11.5 Å². The fraction of sp³-hybridized carbons (Fsp3) is 0.412. The number of phenolic OH excluding ortho intramolecular Hbond substituents is 3. The lowest BCUT2D eigenvalue weighted by Crippen LogP contribution is -1.98. The van der Waals surface area contributed by atoms with Gasteiger partial charge in [0.05, 0.1) is 0 Å². The van der Waals surface area contributed by atoms with Crippen molar-refractivity contribution in [2.75, 3.05) is 0 Å². The quantitative estimate of drug-likeness (QED) is 0.721. The second kappa shape index (κ2) is 4.89. The van der Waals surface area contributed by atoms with Crippen LogP contribution >= 0.6 is 0 Å². The van der Waals surface area contributed by atoms with E-state index in [9.17, 15) is 15.3 Å². The molecule has 0 aliphatic rings. The van der Waals surface area contributed by atoms with E-state index in [0.29, 0.717) is 16.9 Å². The summed E-state index contributed by atoms with van der Waals surface area (Å²) in [5.74, 6) is 0.148. The number of aromatic hydroxyl groups is 3. The van der Waals surface area contributed by atoms with E-state index in [0.717, 1.165) is 40.3 Å². The summed E-state index contributed by atoms with van der Waals surface area (Å²) in [7, 11) is 0. The van der Waals surface area contributed by atoms with Crippen LogP contribution in [-0.2, 0) is 6.42 Å². The zero-order valence-corrected chi connectivity index (χ0v) is 12.8. The molecule has 0 spiro atoms. The summed E-state index contributed by atoms with van der Waals surface area (Å²) in [6.07, 6.45) is 1.75. The summed E-state index contributed by atoms with van der Waals surface area (Å²) < 4.78 is 0. The highest BCUT2D eigenvalue weighted by Gasteiger charge is 2.21. The maximum absolute atomic E-state index is 10.4. The largest absolute Gasteiger partial charge is 0.507 e. The van der Waals surface area contributed by atoms with Crippen molar-refractivity contribution >= 4 is 10.8 Å². The minimum Gasteiger partial charge on any atom is -0.507 e. The Morgan fingerprint density at radius 3 is 1.50 bits per heavy atom. The van der Waals surface area contributed by atoms with Gasteiger partial charge in [0.1, 0.15) is 5.75 Å². The summed E-state index contributed by atoms with van der Waals surface area (Å²) in [5.41, 5.74) is 3.97. The van der Waals surface area contributed by atoms with E-state index >= 15 is 0 Å². The number of hydrogen-bond acceptors (Lipinski definition) is 3. The maximum Gasteiger partial charge on any atom is 0.161 e. The van der Waals surface area contributed by atoms with Gasteiger partial charge in [0.15, 0.2) is 11.5 Å². The van der Waals surface area contributed by atoms with Crippen molar-refractivity contribution in [1.29, 1.82) is 0 Å². The van der Waals surface area contributed by atoms with Gasteiger partial charge in [-0.25, -0.2) is 0 Å². The molecule has 0 amide bonds. The van der Waals surface area contributed by atoms with E-state index in [1.165, 1.54) is 0 Å². The molecule has 108 valence electrons. The number of hydrogen-bond donors (Lipinski definition) is 3. The van der Waals surface area contributed by atoms with Crippen molar-refractivity contribution in [3.8, 4) is 17.2 Å². The third-order valence-electron chi connectivity index (χ3n) is 4.28. The molecule has 0 aliphatic heterocycles. The van der Waals surface area contributed by atoms with E-state index in [2.05, 4.69) is 6.92 Å². The van der Waals surface area contributed by atoms with Gasteiger partial charge in [0.25, 0.3) is 0 Å². The number of aryl methyl sites for hydroxylation is 4. The molecule has 3 nitrogen and oxygen atoms in total. The zero-order chi connectivity index (χ0) is 15.2. The van der Waals surface area contributed by atoms with E-state index in [4.69, 9.17) is 0 Å². The first kappa shape index (κ1) is 14.5. The predicted octanol–water partition coefficient (Wildman–Crippen LogP) is 4.14. The summed E-state index contributed by atoms with van der Waals surface area (Å²) in [6.45, 7) is 9.47. The minimum atomic E-state index is -0.0971. The molecule has 0 bridgehead atoms. The maximum atomic E-state index is 10.4. The summed E-state index contributed by atoms with van der Waals surface area (Å²) >= 11 is 0. The Morgan fingerprint density at radius 2 is 1.05 bits per heavy atom. The van der Waals surface area contributed by atoms with Gasteiger partial charge in [-0.3, -0.25) is 0 Å². The molecule has 0 aromatic heterocycles. The third-order valence-corrected chi connectivity index (χ3v) is 4.28. The van der Waals surface area contributed by atoms with Gasteiger partial charge in [-0.05, 0) is 61.6 Å². The van der Waals surface area contributed by atoms with Gasteiger partial charge < -0.3 is 15.3 Å². The summed E-state index contributed by atoms with van der Waals surface area (Å²) in [6, 6.07) is 0. The Labute approximate surface area is 119 Å². The molecule has 2 aromatic carbocycles. The SMILES string of the molecule is CCCc1c(O)c(C)c2c(C)c(O)c(O)c(C)c2c1C. The molecule has 20 heavy (non-hydrogen) atoms. The van der Waals surface area contributed by atoms with Crippen LogP contribution < -0.4 is 0 Å². The lowest BCUT2D eigenvalue weighted by atomic mass is 9.87. The van der Waals surface area contributed by atoms with Gasteiger partial charge in [-0.15, -0.1) is 0 Å². The number of fused-ring (bicyclic) bond motifs is 1. The molecule has 0 atom stereocenters. The van der Waals surface area contributed by atoms with Gasteiger partial charge in [-0.2, -0.15) is 0 Å². The molecular weight excluding hydrogens is 252 g/mol. The van der Waals surface area contributed by atoms with Crippen LogP contribution in [0.1, 0.15) is 41.2 Å². The summed E-state index contributed by atoms with van der Waals surface area (Å²) in [4.78, 5) is 0. The van der Waals surface area contributed by atoms with Crippen LogP contribution in [0.4, 0.5) is 0 Å². The molecule has 0 heterocycles. The number of phenols is 3. The molecule has 3 N–H and O–H groups in total. The highest BCUT2D eigenvalue weighted by Crippen LogP contribution is 2.45. The molecule has 2 rings (SSSR count). The number of rotatable bonds is 2. The Hall–Kier alpha value is -1.90. The molecule has 0 saturated carbocycles. The van der Waals surface area contributed by atoms with Crippen molar-refractivity contribution in [1.82, 2.24) is 0 Å². The van der Waals surface area contributed by atoms with Gasteiger partial charge in [0, 0.05) is 11.1 Å². The molecular formula is C17H22O3. The van der Waals surface area contributed by atoms with E-state index in [1.807, 2.05) is 13.8 Å². The van der Waals surface area contributed by atoms with Crippen LogP contribution in [0.5, 0.6) is 17.2 Å². The first-order valence-corrected chi connectivity index (χ1v) is 6.98. The van der Waals surface area contributed by atoms with Crippen LogP contribution in [0.2, 0.25) is 0 Å². The van der Waals surface area contributed by atoms with Crippen molar-refractivity contribution in [2.45, 2.75) is 47.5 Å². The average Bonchev–Trinajstić information content (AvgIpc) is 2.42. The molecule has 0 saturated heterocycles. The third kappa shape index (κ3) is 1.80. The Kier molecular flexibility index (Phi) is 3.55. The van der Waals surface area contributed by atoms with Crippen molar-refractivity contribution < 1.29 is 15.3 Å². The van der Waals surface area contributed by atoms with Gasteiger partial charge in [-0.1, -0.05) is 13.3 Å². The lowest BCUT2D eigenvalue weighted by Gasteiger charge is -2.20. The van der Waals surface area contributed by atoms with Gasteiger partial charge >= 0.3 is 0 Å². The Bertz CT molecular complexity index is 700. The monoisotopic (exact) mass is 274 g/mol. The van der Waals surface area contributed by atoms with Crippen LogP contribution in [0.15, 0.2) is 0 Å². The second-order valence-corrected chi connectivity index (χ2v) is 5.52. The zero-order valence-electron chi connectivity index (χ0n) is 12.8. The van der Waals surface area contributed by atoms with Crippen molar-refractivity contribution in [3.05, 3.63) is 27.8 Å². The van der Waals surface area contributed by atoms with E-state index in [1.54, 1.807) is 13.8 Å². The Morgan fingerprint density at radius 1 is 0.650 bits per heavy atom. The Balaban J connectivity index is 3.08. The van der Waals surface area contributed by atoms with Crippen LogP contribution in [0, 0.1) is 27.7 Å². The fourth-order valence-corrected chi connectivity index (χ4v) is 3.13. The highest BCUT2D eigenvalue weighted by molar-refractivity contribution is 5.99. The smallest absolute Gasteiger partial charge is 0.161 e. The first-order chi connectivity index (χ1) is 9.32. The summed E-state index contributed by atoms with van der Waals surface area (Å²) in [5, 5.41) is 32.3. The standard InChI is InChI=1S/C17H22O3/c1-6-7-12-8(2)13-10(4)16(19)17(20)11(5)14(13)9(3)15(12)18/h18-20H,6-7H2,1-5H3. The molecule has 0 unspecified atom stereocenters. The highest BCUT2D eigenvalue weighted by atomic mass is 16.3. The first-order valence-electron chi connectivity index (χ1n) is 6.98. The molecule has 0 radical (unpaired) electrons. The van der Waals surface area contributed by atoms with E-state index < -0.39 is 0 Å². The van der Waals surface area contributed by atoms with Crippen molar-refractivity contribution in [3.63, 3.8) is 0 Å². The normalized spacial score (nSPS) is 11.2.